The Bertz CT molecular complexity index is 544. The Labute approximate surface area is 109 Å². The van der Waals surface area contributed by atoms with Gasteiger partial charge in [0.1, 0.15) is 0 Å². The summed E-state index contributed by atoms with van der Waals surface area (Å²) in [6.07, 6.45) is 3.25. The number of nitrogens with one attached hydrogen (secondary N) is 1. The molecule has 1 aromatic heterocycles. The number of benzene rings is 1. The lowest BCUT2D eigenvalue weighted by molar-refractivity contribution is 0.694. The highest BCUT2D eigenvalue weighted by Crippen LogP contribution is 2.19. The van der Waals surface area contributed by atoms with E-state index in [-0.39, 0.29) is 0 Å². The Morgan fingerprint density at radius 2 is 2.31 bits per heavy atom. The van der Waals surface area contributed by atoms with Gasteiger partial charge in [-0.25, -0.2) is 0 Å². The highest BCUT2D eigenvalue weighted by Gasteiger charge is 2.04. The van der Waals surface area contributed by atoms with E-state index in [4.69, 9.17) is 23.8 Å². The largest absolute Gasteiger partial charge is 0.331 e. The van der Waals surface area contributed by atoms with Crippen LogP contribution < -0.4 is 0 Å². The van der Waals surface area contributed by atoms with Crippen molar-refractivity contribution >= 4 is 46.6 Å². The number of thioether (sulfide) groups is 1. The first-order valence-corrected chi connectivity index (χ1v) is 7.27. The molecule has 0 amide bonds. The summed E-state index contributed by atoms with van der Waals surface area (Å²) in [4.78, 5) is 3.18. The maximum absolute atomic E-state index is 5.94. The summed E-state index contributed by atoms with van der Waals surface area (Å²) in [6, 6.07) is 5.83. The molecule has 1 aromatic carbocycles. The van der Waals surface area contributed by atoms with E-state index in [0.717, 1.165) is 39.5 Å². The van der Waals surface area contributed by atoms with Crippen LogP contribution in [0.15, 0.2) is 18.2 Å². The number of hydrogen-bond donors (Lipinski definition) is 1. The summed E-state index contributed by atoms with van der Waals surface area (Å²) < 4.78 is 2.91. The highest BCUT2D eigenvalue weighted by molar-refractivity contribution is 7.98. The Balaban J connectivity index is 2.36. The molecule has 2 nitrogen and oxygen atoms in total. The Morgan fingerprint density at radius 1 is 1.50 bits per heavy atom. The Hall–Kier alpha value is -0.450. The smallest absolute Gasteiger partial charge is 0.178 e. The Morgan fingerprint density at radius 3 is 3.06 bits per heavy atom. The van der Waals surface area contributed by atoms with Crippen molar-refractivity contribution in [2.45, 2.75) is 13.0 Å². The standard InChI is InChI=1S/C11H13ClN2S2/c1-16-6-2-5-14-10-4-3-8(12)7-9(10)13-11(14)15/h3-4,7H,2,5-6H2,1H3,(H,13,15). The van der Waals surface area contributed by atoms with Gasteiger partial charge in [-0.15, -0.1) is 0 Å². The number of imidazole rings is 1. The number of halogens is 1. The molecule has 0 aliphatic rings. The van der Waals surface area contributed by atoms with Gasteiger partial charge in [0.15, 0.2) is 4.77 Å². The van der Waals surface area contributed by atoms with Crippen LogP contribution >= 0.6 is 35.6 Å². The van der Waals surface area contributed by atoms with Gasteiger partial charge in [-0.05, 0) is 48.8 Å². The van der Waals surface area contributed by atoms with Crippen molar-refractivity contribution in [1.29, 1.82) is 0 Å². The van der Waals surface area contributed by atoms with Gasteiger partial charge in [-0.3, -0.25) is 0 Å². The molecule has 0 saturated carbocycles. The van der Waals surface area contributed by atoms with Gasteiger partial charge < -0.3 is 9.55 Å². The normalized spacial score (nSPS) is 11.1. The molecule has 0 radical (unpaired) electrons. The van der Waals surface area contributed by atoms with Gasteiger partial charge in [0, 0.05) is 11.6 Å². The van der Waals surface area contributed by atoms with Crippen LogP contribution in [-0.2, 0) is 6.54 Å². The molecule has 5 heteroatoms. The van der Waals surface area contributed by atoms with Crippen molar-refractivity contribution < 1.29 is 0 Å². The van der Waals surface area contributed by atoms with E-state index in [0.29, 0.717) is 0 Å². The molecule has 0 unspecified atom stereocenters. The van der Waals surface area contributed by atoms with Crippen molar-refractivity contribution in [3.8, 4) is 0 Å². The molecule has 2 aromatic rings. The number of hydrogen-bond acceptors (Lipinski definition) is 2. The lowest BCUT2D eigenvalue weighted by Gasteiger charge is -2.03. The minimum absolute atomic E-state index is 0.736. The first-order valence-electron chi connectivity index (χ1n) is 5.09. The minimum Gasteiger partial charge on any atom is -0.331 e. The Kier molecular flexibility index (Phi) is 3.95. The molecule has 16 heavy (non-hydrogen) atoms. The van der Waals surface area contributed by atoms with E-state index in [1.165, 1.54) is 0 Å². The maximum Gasteiger partial charge on any atom is 0.178 e. The number of aryl methyl sites for hydroxylation is 1. The van der Waals surface area contributed by atoms with Crippen LogP contribution in [0.5, 0.6) is 0 Å². The third-order valence-electron chi connectivity index (χ3n) is 2.47. The summed E-state index contributed by atoms with van der Waals surface area (Å²) in [7, 11) is 0. The lowest BCUT2D eigenvalue weighted by atomic mass is 10.3. The topological polar surface area (TPSA) is 20.7 Å². The molecule has 0 bridgehead atoms. The average Bonchev–Trinajstić information content (AvgIpc) is 2.55. The maximum atomic E-state index is 5.94. The predicted octanol–water partition coefficient (Wildman–Crippen LogP) is 4.11. The fourth-order valence-corrected chi connectivity index (χ4v) is 2.61. The summed E-state index contributed by atoms with van der Waals surface area (Å²) in [5.74, 6) is 1.15. The third-order valence-corrected chi connectivity index (χ3v) is 3.72. The van der Waals surface area contributed by atoms with Crippen LogP contribution in [0.2, 0.25) is 5.02 Å². The van der Waals surface area contributed by atoms with E-state index in [1.807, 2.05) is 30.0 Å². The second-order valence-corrected chi connectivity index (χ2v) is 5.40. The number of H-pyrrole nitrogens is 1. The number of nitrogens with zero attached hydrogens (tertiary/aromatic N) is 1. The fraction of sp³-hybridized carbons (Fsp3) is 0.364. The number of aromatic amines is 1. The van der Waals surface area contributed by atoms with Crippen LogP contribution in [0.25, 0.3) is 11.0 Å². The van der Waals surface area contributed by atoms with Gasteiger partial charge in [-0.2, -0.15) is 11.8 Å². The van der Waals surface area contributed by atoms with Crippen LogP contribution in [0.3, 0.4) is 0 Å². The number of aromatic nitrogens is 2. The van der Waals surface area contributed by atoms with Crippen molar-refractivity contribution in [1.82, 2.24) is 9.55 Å². The van der Waals surface area contributed by atoms with Crippen molar-refractivity contribution in [2.24, 2.45) is 0 Å². The molecule has 0 aliphatic heterocycles. The van der Waals surface area contributed by atoms with Crippen molar-refractivity contribution in [2.75, 3.05) is 12.0 Å². The first-order chi connectivity index (χ1) is 7.72. The van der Waals surface area contributed by atoms with Gasteiger partial charge in [0.25, 0.3) is 0 Å². The van der Waals surface area contributed by atoms with Gasteiger partial charge in [-0.1, -0.05) is 11.6 Å². The molecule has 0 spiro atoms. The van der Waals surface area contributed by atoms with Crippen molar-refractivity contribution in [3.63, 3.8) is 0 Å². The SMILES string of the molecule is CSCCCn1c(=S)[nH]c2cc(Cl)ccc21. The predicted molar refractivity (Wildman–Crippen MR) is 75.1 cm³/mol. The summed E-state index contributed by atoms with van der Waals surface area (Å²) in [5.41, 5.74) is 2.15. The van der Waals surface area contributed by atoms with E-state index in [9.17, 15) is 0 Å². The summed E-state index contributed by atoms with van der Waals surface area (Å²) in [5, 5.41) is 0.736. The highest BCUT2D eigenvalue weighted by atomic mass is 35.5. The molecule has 2 rings (SSSR count). The molecule has 1 heterocycles. The first kappa shape index (κ1) is 12.0. The zero-order valence-electron chi connectivity index (χ0n) is 9.00. The van der Waals surface area contributed by atoms with Gasteiger partial charge in [0.2, 0.25) is 0 Å². The molecule has 1 N–H and O–H groups in total. The van der Waals surface area contributed by atoms with Gasteiger partial charge in [0.05, 0.1) is 11.0 Å². The minimum atomic E-state index is 0.736. The van der Waals surface area contributed by atoms with E-state index >= 15 is 0 Å². The van der Waals surface area contributed by atoms with E-state index in [2.05, 4.69) is 15.8 Å². The van der Waals surface area contributed by atoms with Gasteiger partial charge >= 0.3 is 0 Å². The average molecular weight is 273 g/mol. The quantitative estimate of drug-likeness (QED) is 0.668. The molecule has 0 atom stereocenters. The zero-order valence-corrected chi connectivity index (χ0v) is 11.4. The molecule has 0 fully saturated rings. The molecule has 0 aliphatic carbocycles. The fourth-order valence-electron chi connectivity index (χ4n) is 1.72. The van der Waals surface area contributed by atoms with Crippen LogP contribution in [0.4, 0.5) is 0 Å². The second kappa shape index (κ2) is 5.25. The number of rotatable bonds is 4. The summed E-state index contributed by atoms with van der Waals surface area (Å²) >= 11 is 13.1. The number of fused-ring (bicyclic) bond motifs is 1. The molecular weight excluding hydrogens is 260 g/mol. The van der Waals surface area contributed by atoms with Crippen molar-refractivity contribution in [3.05, 3.63) is 28.0 Å². The monoisotopic (exact) mass is 272 g/mol. The lowest BCUT2D eigenvalue weighted by Crippen LogP contribution is -1.98. The van der Waals surface area contributed by atoms with Crippen LogP contribution in [-0.4, -0.2) is 21.6 Å². The third kappa shape index (κ3) is 2.44. The molecule has 86 valence electrons. The second-order valence-electron chi connectivity index (χ2n) is 3.59. The summed E-state index contributed by atoms with van der Waals surface area (Å²) in [6.45, 7) is 0.960. The zero-order chi connectivity index (χ0) is 11.5. The van der Waals surface area contributed by atoms with E-state index < -0.39 is 0 Å². The van der Waals surface area contributed by atoms with E-state index in [1.54, 1.807) is 0 Å². The molecule has 0 saturated heterocycles. The molecular formula is C11H13ClN2S2. The van der Waals surface area contributed by atoms with Crippen LogP contribution in [0.1, 0.15) is 6.42 Å². The van der Waals surface area contributed by atoms with Crippen LogP contribution in [0, 0.1) is 4.77 Å².